The van der Waals surface area contributed by atoms with Crippen molar-refractivity contribution in [3.63, 3.8) is 0 Å². The SMILES string of the molecule is COC(=O)c1ccc([C@H]2C(=C(O)c3ccc(OC)c(OC)c3)C(=O)C(=O)N2c2nnc(SCc3cccc4ccccc34)s2)cc1. The van der Waals surface area contributed by atoms with Crippen LogP contribution in [0.5, 0.6) is 11.5 Å². The summed E-state index contributed by atoms with van der Waals surface area (Å²) in [7, 11) is 4.21. The molecule has 4 aromatic carbocycles. The Labute approximate surface area is 272 Å². The van der Waals surface area contributed by atoms with E-state index in [0.29, 0.717) is 27.2 Å². The van der Waals surface area contributed by atoms with Crippen LogP contribution in [0.15, 0.2) is 94.8 Å². The van der Waals surface area contributed by atoms with Crippen molar-refractivity contribution >= 4 is 62.4 Å². The molecule has 1 saturated heterocycles. The Bertz CT molecular complexity index is 2000. The summed E-state index contributed by atoms with van der Waals surface area (Å²) in [5, 5.41) is 22.6. The van der Waals surface area contributed by atoms with Gasteiger partial charge in [-0.25, -0.2) is 4.79 Å². The number of methoxy groups -OCH3 is 3. The van der Waals surface area contributed by atoms with Crippen LogP contribution in [-0.2, 0) is 20.1 Å². The number of aliphatic hydroxyl groups excluding tert-OH is 1. The molecule has 0 aliphatic carbocycles. The van der Waals surface area contributed by atoms with E-state index in [1.54, 1.807) is 24.3 Å². The highest BCUT2D eigenvalue weighted by atomic mass is 32.2. The van der Waals surface area contributed by atoms with Crippen molar-refractivity contribution in [2.24, 2.45) is 0 Å². The number of rotatable bonds is 9. The molecule has 0 spiro atoms. The lowest BCUT2D eigenvalue weighted by molar-refractivity contribution is -0.132. The van der Waals surface area contributed by atoms with E-state index < -0.39 is 29.5 Å². The second-order valence-electron chi connectivity index (χ2n) is 10.1. The first-order valence-corrected chi connectivity index (χ1v) is 15.8. The van der Waals surface area contributed by atoms with Gasteiger partial charge >= 0.3 is 11.9 Å². The van der Waals surface area contributed by atoms with Crippen molar-refractivity contribution < 1.29 is 33.7 Å². The lowest BCUT2D eigenvalue weighted by Crippen LogP contribution is -2.29. The topological polar surface area (TPSA) is 128 Å². The van der Waals surface area contributed by atoms with Crippen LogP contribution in [0, 0.1) is 0 Å². The number of hydrogen-bond donors (Lipinski definition) is 1. The fraction of sp³-hybridized carbons (Fsp3) is 0.147. The molecule has 1 fully saturated rings. The van der Waals surface area contributed by atoms with Gasteiger partial charge in [0.25, 0.3) is 5.78 Å². The number of benzene rings is 4. The number of amides is 1. The maximum Gasteiger partial charge on any atom is 0.337 e. The number of aromatic nitrogens is 2. The van der Waals surface area contributed by atoms with Crippen LogP contribution in [0.25, 0.3) is 16.5 Å². The number of thioether (sulfide) groups is 1. The predicted molar refractivity (Wildman–Crippen MR) is 176 cm³/mol. The molecular weight excluding hydrogens is 627 g/mol. The second kappa shape index (κ2) is 13.0. The Kier molecular flexibility index (Phi) is 8.73. The number of Topliss-reactive ketones (excluding diaryl/α,β-unsaturated/α-hetero) is 1. The van der Waals surface area contributed by atoms with Crippen LogP contribution < -0.4 is 14.4 Å². The molecule has 10 nitrogen and oxygen atoms in total. The van der Waals surface area contributed by atoms with Crippen molar-refractivity contribution in [1.82, 2.24) is 10.2 Å². The van der Waals surface area contributed by atoms with Gasteiger partial charge in [-0.1, -0.05) is 77.7 Å². The summed E-state index contributed by atoms with van der Waals surface area (Å²) in [5.74, 6) is -1.33. The van der Waals surface area contributed by atoms with Crippen LogP contribution in [0.4, 0.5) is 5.13 Å². The predicted octanol–water partition coefficient (Wildman–Crippen LogP) is 6.41. The van der Waals surface area contributed by atoms with Crippen molar-refractivity contribution in [3.8, 4) is 11.5 Å². The number of ether oxygens (including phenoxy) is 3. The molecule has 6 rings (SSSR count). The molecule has 0 unspecified atom stereocenters. The number of ketones is 1. The van der Waals surface area contributed by atoms with Crippen LogP contribution in [0.1, 0.15) is 33.1 Å². The lowest BCUT2D eigenvalue weighted by Gasteiger charge is -2.22. The molecule has 12 heteroatoms. The summed E-state index contributed by atoms with van der Waals surface area (Å²) >= 11 is 2.64. The quantitative estimate of drug-likeness (QED) is 0.0476. The summed E-state index contributed by atoms with van der Waals surface area (Å²) < 4.78 is 16.1. The second-order valence-corrected chi connectivity index (χ2v) is 12.3. The zero-order chi connectivity index (χ0) is 32.4. The molecule has 1 amide bonds. The first-order chi connectivity index (χ1) is 22.3. The number of carbonyl (C=O) groups excluding carboxylic acids is 3. The van der Waals surface area contributed by atoms with Crippen molar-refractivity contribution in [3.05, 3.63) is 113 Å². The number of fused-ring (bicyclic) bond motifs is 1. The normalized spacial score (nSPS) is 15.7. The molecule has 1 aliphatic rings. The van der Waals surface area contributed by atoms with Crippen LogP contribution in [0.3, 0.4) is 0 Å². The summed E-state index contributed by atoms with van der Waals surface area (Å²) in [6, 6.07) is 24.1. The first-order valence-electron chi connectivity index (χ1n) is 14.0. The highest BCUT2D eigenvalue weighted by Crippen LogP contribution is 2.45. The molecule has 1 atom stereocenters. The van der Waals surface area contributed by atoms with Gasteiger partial charge in [0, 0.05) is 11.3 Å². The van der Waals surface area contributed by atoms with Gasteiger partial charge in [-0.2, -0.15) is 0 Å². The van der Waals surface area contributed by atoms with Gasteiger partial charge < -0.3 is 19.3 Å². The van der Waals surface area contributed by atoms with Crippen molar-refractivity contribution in [1.29, 1.82) is 0 Å². The molecule has 0 radical (unpaired) electrons. The smallest absolute Gasteiger partial charge is 0.337 e. The summed E-state index contributed by atoms with van der Waals surface area (Å²) in [6.45, 7) is 0. The standard InChI is InChI=1S/C34H27N3O7S2/c1-42-25-16-15-22(17-26(25)43-2)29(38)27-28(20-11-13-21(14-12-20)32(41)44-3)37(31(40)30(27)39)33-35-36-34(46-33)45-18-23-9-6-8-19-7-4-5-10-24(19)23/h4-17,28,38H,18H2,1-3H3/t28-/m0/s1. The average molecular weight is 654 g/mol. The zero-order valence-corrected chi connectivity index (χ0v) is 26.6. The van der Waals surface area contributed by atoms with Crippen molar-refractivity contribution in [2.45, 2.75) is 16.1 Å². The number of anilines is 1. The third kappa shape index (κ3) is 5.68. The Balaban J connectivity index is 1.39. The van der Waals surface area contributed by atoms with Gasteiger partial charge in [0.05, 0.1) is 38.5 Å². The number of esters is 1. The molecule has 46 heavy (non-hydrogen) atoms. The molecule has 0 saturated carbocycles. The lowest BCUT2D eigenvalue weighted by atomic mass is 9.94. The van der Waals surface area contributed by atoms with Crippen LogP contribution >= 0.6 is 23.1 Å². The van der Waals surface area contributed by atoms with E-state index in [9.17, 15) is 19.5 Å². The van der Waals surface area contributed by atoms with Crippen molar-refractivity contribution in [2.75, 3.05) is 26.2 Å². The fourth-order valence-corrected chi connectivity index (χ4v) is 7.19. The molecule has 2 heterocycles. The monoisotopic (exact) mass is 653 g/mol. The maximum absolute atomic E-state index is 13.7. The number of hydrogen-bond acceptors (Lipinski definition) is 11. The Morgan fingerprint density at radius 1 is 0.891 bits per heavy atom. The minimum Gasteiger partial charge on any atom is -0.507 e. The molecule has 1 aromatic heterocycles. The zero-order valence-electron chi connectivity index (χ0n) is 24.9. The summed E-state index contributed by atoms with van der Waals surface area (Å²) in [4.78, 5) is 40.7. The Morgan fingerprint density at radius 2 is 1.61 bits per heavy atom. The largest absolute Gasteiger partial charge is 0.507 e. The van der Waals surface area contributed by atoms with Gasteiger partial charge in [0.15, 0.2) is 15.8 Å². The van der Waals surface area contributed by atoms with Gasteiger partial charge in [-0.3, -0.25) is 14.5 Å². The minimum absolute atomic E-state index is 0.150. The van der Waals surface area contributed by atoms with E-state index in [1.165, 1.54) is 67.5 Å². The molecule has 0 bridgehead atoms. The van der Waals surface area contributed by atoms with Gasteiger partial charge in [0.1, 0.15) is 5.76 Å². The number of nitrogens with zero attached hydrogens (tertiary/aromatic N) is 3. The van der Waals surface area contributed by atoms with Gasteiger partial charge in [0.2, 0.25) is 5.13 Å². The highest BCUT2D eigenvalue weighted by Gasteiger charge is 2.48. The fourth-order valence-electron chi connectivity index (χ4n) is 5.32. The molecule has 232 valence electrons. The summed E-state index contributed by atoms with van der Waals surface area (Å²) in [5.41, 5.74) is 1.97. The molecule has 1 N–H and O–H groups in total. The van der Waals surface area contributed by atoms with Crippen LogP contribution in [0.2, 0.25) is 0 Å². The third-order valence-corrected chi connectivity index (χ3v) is 9.69. The Morgan fingerprint density at radius 3 is 2.35 bits per heavy atom. The minimum atomic E-state index is -1.07. The molecule has 1 aliphatic heterocycles. The number of carbonyl (C=O) groups is 3. The highest BCUT2D eigenvalue weighted by molar-refractivity contribution is 8.00. The average Bonchev–Trinajstić information content (AvgIpc) is 3.67. The summed E-state index contributed by atoms with van der Waals surface area (Å²) in [6.07, 6.45) is 0. The van der Waals surface area contributed by atoms with E-state index in [4.69, 9.17) is 14.2 Å². The number of aliphatic hydroxyl groups is 1. The molecule has 5 aromatic rings. The van der Waals surface area contributed by atoms with E-state index >= 15 is 0 Å². The van der Waals surface area contributed by atoms with E-state index in [0.717, 1.165) is 16.3 Å². The Hall–Kier alpha value is -5.20. The van der Waals surface area contributed by atoms with E-state index in [2.05, 4.69) is 34.5 Å². The van der Waals surface area contributed by atoms with Gasteiger partial charge in [-0.15, -0.1) is 10.2 Å². The third-order valence-electron chi connectivity index (χ3n) is 7.58. The van der Waals surface area contributed by atoms with E-state index in [-0.39, 0.29) is 21.8 Å². The maximum atomic E-state index is 13.7. The van der Waals surface area contributed by atoms with Crippen LogP contribution in [-0.4, -0.2) is 54.3 Å². The van der Waals surface area contributed by atoms with E-state index in [1.807, 2.05) is 18.2 Å². The first kappa shape index (κ1) is 30.8. The van der Waals surface area contributed by atoms with Gasteiger partial charge in [-0.05, 0) is 52.2 Å². The molecular formula is C34H27N3O7S2.